The maximum Gasteiger partial charge on any atom is 0.228 e. The van der Waals surface area contributed by atoms with Crippen molar-refractivity contribution in [3.05, 3.63) is 0 Å². The van der Waals surface area contributed by atoms with Gasteiger partial charge >= 0.3 is 0 Å². The second kappa shape index (κ2) is 4.52. The third-order valence-corrected chi connectivity index (χ3v) is 3.26. The van der Waals surface area contributed by atoms with E-state index in [4.69, 9.17) is 0 Å². The molecule has 1 aliphatic rings. The van der Waals surface area contributed by atoms with E-state index in [0.717, 1.165) is 25.7 Å². The summed E-state index contributed by atoms with van der Waals surface area (Å²) in [6, 6.07) is 0. The van der Waals surface area contributed by atoms with Crippen LogP contribution in [0.25, 0.3) is 0 Å². The lowest BCUT2D eigenvalue weighted by Gasteiger charge is -2.38. The van der Waals surface area contributed by atoms with Crippen LogP contribution in [0.4, 0.5) is 0 Å². The van der Waals surface area contributed by atoms with Crippen molar-refractivity contribution in [1.82, 2.24) is 5.32 Å². The van der Waals surface area contributed by atoms with Gasteiger partial charge in [0, 0.05) is 6.54 Å². The molecule has 0 atom stereocenters. The molecule has 0 spiro atoms. The lowest BCUT2D eigenvalue weighted by molar-refractivity contribution is -0.139. The van der Waals surface area contributed by atoms with Crippen LogP contribution in [-0.2, 0) is 4.79 Å². The van der Waals surface area contributed by atoms with Crippen molar-refractivity contribution in [3.63, 3.8) is 0 Å². The van der Waals surface area contributed by atoms with E-state index < -0.39 is 5.41 Å². The molecule has 1 amide bonds. The van der Waals surface area contributed by atoms with Gasteiger partial charge in [-0.1, -0.05) is 27.2 Å². The SMILES string of the molecule is CC(C)(C)CCNC(=O)C1(CO)CCC1. The highest BCUT2D eigenvalue weighted by atomic mass is 16.3. The first-order valence-corrected chi connectivity index (χ1v) is 5.79. The van der Waals surface area contributed by atoms with Crippen LogP contribution in [0.5, 0.6) is 0 Å². The summed E-state index contributed by atoms with van der Waals surface area (Å²) in [4.78, 5) is 11.8. The summed E-state index contributed by atoms with van der Waals surface area (Å²) < 4.78 is 0. The molecule has 0 radical (unpaired) electrons. The smallest absolute Gasteiger partial charge is 0.228 e. The van der Waals surface area contributed by atoms with Gasteiger partial charge in [0.05, 0.1) is 12.0 Å². The standard InChI is InChI=1S/C12H23NO2/c1-11(2,3)7-8-13-10(15)12(9-14)5-4-6-12/h14H,4-9H2,1-3H3,(H,13,15). The Balaban J connectivity index is 2.30. The van der Waals surface area contributed by atoms with Crippen LogP contribution in [0, 0.1) is 10.8 Å². The fraction of sp³-hybridized carbons (Fsp3) is 0.917. The molecule has 1 fully saturated rings. The average molecular weight is 213 g/mol. The van der Waals surface area contributed by atoms with Gasteiger partial charge in [-0.15, -0.1) is 0 Å². The van der Waals surface area contributed by atoms with Crippen molar-refractivity contribution in [1.29, 1.82) is 0 Å². The first kappa shape index (κ1) is 12.5. The maximum atomic E-state index is 11.8. The van der Waals surface area contributed by atoms with Crippen molar-refractivity contribution in [2.45, 2.75) is 46.5 Å². The Morgan fingerprint density at radius 2 is 2.00 bits per heavy atom. The number of carbonyl (C=O) groups is 1. The Morgan fingerprint density at radius 3 is 2.33 bits per heavy atom. The molecule has 1 rings (SSSR count). The Kier molecular flexibility index (Phi) is 3.77. The first-order valence-electron chi connectivity index (χ1n) is 5.79. The number of aliphatic hydroxyl groups excluding tert-OH is 1. The van der Waals surface area contributed by atoms with Gasteiger partial charge in [0.25, 0.3) is 0 Å². The van der Waals surface area contributed by atoms with E-state index in [1.165, 1.54) is 0 Å². The third kappa shape index (κ3) is 3.20. The topological polar surface area (TPSA) is 49.3 Å². The molecular weight excluding hydrogens is 190 g/mol. The predicted octanol–water partition coefficient (Wildman–Crippen LogP) is 1.70. The van der Waals surface area contributed by atoms with Crippen molar-refractivity contribution in [3.8, 4) is 0 Å². The number of hydrogen-bond acceptors (Lipinski definition) is 2. The summed E-state index contributed by atoms with van der Waals surface area (Å²) in [5.74, 6) is 0.0421. The second-order valence-corrected chi connectivity index (χ2v) is 5.86. The molecule has 0 saturated heterocycles. The van der Waals surface area contributed by atoms with Gasteiger partial charge < -0.3 is 10.4 Å². The lowest BCUT2D eigenvalue weighted by atomic mass is 9.68. The molecule has 88 valence electrons. The van der Waals surface area contributed by atoms with E-state index in [2.05, 4.69) is 26.1 Å². The molecule has 1 aliphatic carbocycles. The minimum Gasteiger partial charge on any atom is -0.395 e. The molecule has 3 heteroatoms. The molecule has 0 aromatic heterocycles. The zero-order chi connectivity index (χ0) is 11.5. The van der Waals surface area contributed by atoms with Gasteiger partial charge in [-0.25, -0.2) is 0 Å². The summed E-state index contributed by atoms with van der Waals surface area (Å²) in [5, 5.41) is 12.1. The zero-order valence-electron chi connectivity index (χ0n) is 10.1. The van der Waals surface area contributed by atoms with E-state index in [-0.39, 0.29) is 17.9 Å². The van der Waals surface area contributed by atoms with Crippen molar-refractivity contribution in [2.75, 3.05) is 13.2 Å². The summed E-state index contributed by atoms with van der Waals surface area (Å²) in [5.41, 5.74) is -0.197. The molecule has 0 aromatic rings. The minimum absolute atomic E-state index is 0.00560. The van der Waals surface area contributed by atoms with Crippen LogP contribution in [-0.4, -0.2) is 24.2 Å². The highest BCUT2D eigenvalue weighted by molar-refractivity contribution is 5.83. The van der Waals surface area contributed by atoms with Crippen LogP contribution >= 0.6 is 0 Å². The molecule has 2 N–H and O–H groups in total. The van der Waals surface area contributed by atoms with Gasteiger partial charge in [0.2, 0.25) is 5.91 Å². The normalized spacial score (nSPS) is 19.5. The summed E-state index contributed by atoms with van der Waals surface area (Å²) in [6.45, 7) is 7.18. The fourth-order valence-corrected chi connectivity index (χ4v) is 1.80. The van der Waals surface area contributed by atoms with E-state index in [0.29, 0.717) is 6.54 Å². The fourth-order valence-electron chi connectivity index (χ4n) is 1.80. The molecule has 1 saturated carbocycles. The number of carbonyl (C=O) groups excluding carboxylic acids is 1. The number of rotatable bonds is 4. The molecule has 0 unspecified atom stereocenters. The van der Waals surface area contributed by atoms with Crippen LogP contribution in [0.3, 0.4) is 0 Å². The molecule has 0 heterocycles. The highest BCUT2D eigenvalue weighted by Crippen LogP contribution is 2.40. The third-order valence-electron chi connectivity index (χ3n) is 3.26. The monoisotopic (exact) mass is 213 g/mol. The van der Waals surface area contributed by atoms with Gasteiger partial charge in [-0.2, -0.15) is 0 Å². The van der Waals surface area contributed by atoms with Crippen molar-refractivity contribution in [2.24, 2.45) is 10.8 Å². The van der Waals surface area contributed by atoms with E-state index >= 15 is 0 Å². The van der Waals surface area contributed by atoms with Crippen LogP contribution < -0.4 is 5.32 Å². The largest absolute Gasteiger partial charge is 0.395 e. The Bertz CT molecular complexity index is 221. The molecule has 0 bridgehead atoms. The van der Waals surface area contributed by atoms with Gasteiger partial charge in [0.1, 0.15) is 0 Å². The van der Waals surface area contributed by atoms with Crippen molar-refractivity contribution >= 4 is 5.91 Å². The summed E-state index contributed by atoms with van der Waals surface area (Å²) >= 11 is 0. The van der Waals surface area contributed by atoms with Crippen molar-refractivity contribution < 1.29 is 9.90 Å². The predicted molar refractivity (Wildman–Crippen MR) is 60.5 cm³/mol. The summed E-state index contributed by atoms with van der Waals surface area (Å²) in [6.07, 6.45) is 3.71. The molecule has 3 nitrogen and oxygen atoms in total. The van der Waals surface area contributed by atoms with Crippen LogP contribution in [0.15, 0.2) is 0 Å². The minimum atomic E-state index is -0.447. The van der Waals surface area contributed by atoms with E-state index in [9.17, 15) is 9.90 Å². The molecule has 0 aliphatic heterocycles. The van der Waals surface area contributed by atoms with Gasteiger partial charge in [-0.3, -0.25) is 4.79 Å². The summed E-state index contributed by atoms with van der Waals surface area (Å²) in [7, 11) is 0. The number of nitrogens with one attached hydrogen (secondary N) is 1. The second-order valence-electron chi connectivity index (χ2n) is 5.86. The Hall–Kier alpha value is -0.570. The lowest BCUT2D eigenvalue weighted by Crippen LogP contribution is -2.48. The van der Waals surface area contributed by atoms with Crippen LogP contribution in [0.2, 0.25) is 0 Å². The van der Waals surface area contributed by atoms with E-state index in [1.807, 2.05) is 0 Å². The quantitative estimate of drug-likeness (QED) is 0.746. The van der Waals surface area contributed by atoms with E-state index in [1.54, 1.807) is 0 Å². The first-order chi connectivity index (χ1) is 6.90. The number of amides is 1. The Morgan fingerprint density at radius 1 is 1.40 bits per heavy atom. The van der Waals surface area contributed by atoms with Gasteiger partial charge in [-0.05, 0) is 24.7 Å². The van der Waals surface area contributed by atoms with Gasteiger partial charge in [0.15, 0.2) is 0 Å². The van der Waals surface area contributed by atoms with Crippen LogP contribution in [0.1, 0.15) is 46.5 Å². The molecule has 0 aromatic carbocycles. The Labute approximate surface area is 92.3 Å². The molecule has 15 heavy (non-hydrogen) atoms. The molecular formula is C12H23NO2. The number of hydrogen-bond donors (Lipinski definition) is 2. The maximum absolute atomic E-state index is 11.8. The number of aliphatic hydroxyl groups is 1. The zero-order valence-corrected chi connectivity index (χ0v) is 10.1. The average Bonchev–Trinajstić information content (AvgIpc) is 2.00. The highest BCUT2D eigenvalue weighted by Gasteiger charge is 2.43.